The lowest BCUT2D eigenvalue weighted by molar-refractivity contribution is 0.201. The summed E-state index contributed by atoms with van der Waals surface area (Å²) in [6.45, 7) is 4.86. The molecular weight excluding hydrogens is 441 g/mol. The van der Waals surface area contributed by atoms with Crippen molar-refractivity contribution in [3.05, 3.63) is 82.3 Å². The van der Waals surface area contributed by atoms with Crippen LogP contribution in [0.15, 0.2) is 53.7 Å². The van der Waals surface area contributed by atoms with Crippen LogP contribution in [0, 0.1) is 6.92 Å². The van der Waals surface area contributed by atoms with E-state index in [1.165, 1.54) is 23.1 Å². The lowest BCUT2D eigenvalue weighted by Gasteiger charge is -2.10. The van der Waals surface area contributed by atoms with Crippen molar-refractivity contribution in [2.75, 3.05) is 13.7 Å². The van der Waals surface area contributed by atoms with Gasteiger partial charge in [-0.1, -0.05) is 59.1 Å². The Morgan fingerprint density at radius 3 is 2.69 bits per heavy atom. The van der Waals surface area contributed by atoms with Gasteiger partial charge in [0.15, 0.2) is 11.5 Å². The Labute approximate surface area is 205 Å². The van der Waals surface area contributed by atoms with Gasteiger partial charge >= 0.3 is 0 Å². The summed E-state index contributed by atoms with van der Waals surface area (Å²) in [5.74, 6) is 0.922. The first-order valence-corrected chi connectivity index (χ1v) is 12.0. The summed E-state index contributed by atoms with van der Waals surface area (Å²) in [5.41, 5.74) is 15.2. The second-order valence-corrected chi connectivity index (χ2v) is 8.76. The third-order valence-corrected chi connectivity index (χ3v) is 6.36. The number of methoxy groups -OCH3 is 1. The fraction of sp³-hybridized carbons (Fsp3) is 0.321. The molecule has 0 bridgehead atoms. The average Bonchev–Trinajstić information content (AvgIpc) is 3.54. The number of nitrogens with one attached hydrogen (secondary N) is 1. The number of hydrogen-bond donors (Lipinski definition) is 2. The first kappa shape index (κ1) is 24.5. The summed E-state index contributed by atoms with van der Waals surface area (Å²) >= 11 is 0. The molecular formula is C28H32FN5O. The molecule has 0 amide bonds. The number of imidazole rings is 1. The molecule has 0 radical (unpaired) electrons. The number of pyridine rings is 1. The number of nitrogens with two attached hydrogens (primary N) is 1. The molecule has 6 nitrogen and oxygen atoms in total. The topological polar surface area (TPSA) is 89.2 Å². The average molecular weight is 474 g/mol. The smallest absolute Gasteiger partial charge is 0.178 e. The van der Waals surface area contributed by atoms with Gasteiger partial charge in [-0.05, 0) is 60.1 Å². The van der Waals surface area contributed by atoms with Crippen molar-refractivity contribution in [2.45, 2.75) is 46.0 Å². The summed E-state index contributed by atoms with van der Waals surface area (Å²) < 4.78 is 17.5. The second-order valence-electron chi connectivity index (χ2n) is 8.76. The van der Waals surface area contributed by atoms with Gasteiger partial charge in [0.2, 0.25) is 0 Å². The van der Waals surface area contributed by atoms with Gasteiger partial charge in [-0.25, -0.2) is 9.97 Å². The molecule has 3 N–H and O–H groups in total. The predicted molar refractivity (Wildman–Crippen MR) is 139 cm³/mol. The van der Waals surface area contributed by atoms with Crippen LogP contribution in [-0.4, -0.2) is 34.5 Å². The minimum absolute atomic E-state index is 0.0731. The van der Waals surface area contributed by atoms with E-state index >= 15 is 0 Å². The van der Waals surface area contributed by atoms with Gasteiger partial charge in [-0.15, -0.1) is 0 Å². The Hall–Kier alpha value is -3.58. The molecule has 0 saturated heterocycles. The highest BCUT2D eigenvalue weighted by Gasteiger charge is 2.14. The molecule has 0 aliphatic heterocycles. The number of aryl methyl sites for hydroxylation is 4. The zero-order chi connectivity index (χ0) is 24.8. The van der Waals surface area contributed by atoms with Crippen molar-refractivity contribution in [1.29, 1.82) is 0 Å². The van der Waals surface area contributed by atoms with E-state index in [-0.39, 0.29) is 5.84 Å². The van der Waals surface area contributed by atoms with E-state index in [9.17, 15) is 4.48 Å². The van der Waals surface area contributed by atoms with Crippen LogP contribution in [0.1, 0.15) is 47.1 Å². The minimum Gasteiger partial charge on any atom is -0.384 e. The summed E-state index contributed by atoms with van der Waals surface area (Å²) in [5, 5.41) is 2.61. The first-order chi connectivity index (χ1) is 17.0. The molecule has 0 spiro atoms. The van der Waals surface area contributed by atoms with Crippen LogP contribution in [0.2, 0.25) is 0 Å². The maximum atomic E-state index is 12.5. The van der Waals surface area contributed by atoms with Gasteiger partial charge in [0.25, 0.3) is 0 Å². The molecule has 0 atom stereocenters. The van der Waals surface area contributed by atoms with Crippen LogP contribution in [0.5, 0.6) is 0 Å². The molecule has 4 aromatic rings. The van der Waals surface area contributed by atoms with Crippen LogP contribution in [0.4, 0.5) is 4.48 Å². The number of rotatable bonds is 6. The summed E-state index contributed by atoms with van der Waals surface area (Å²) in [6, 6.07) is 16.0. The number of ether oxygens (including phenoxy) is 1. The molecule has 35 heavy (non-hydrogen) atoms. The first-order valence-electron chi connectivity index (χ1n) is 12.0. The highest BCUT2D eigenvalue weighted by atomic mass is 19.2. The van der Waals surface area contributed by atoms with E-state index in [1.54, 1.807) is 13.2 Å². The van der Waals surface area contributed by atoms with Crippen molar-refractivity contribution in [3.63, 3.8) is 0 Å². The number of fused-ring (bicyclic) bond motifs is 2. The predicted octanol–water partition coefficient (Wildman–Crippen LogP) is 5.45. The number of amidine groups is 1. The molecule has 2 aromatic heterocycles. The molecule has 5 rings (SSSR count). The van der Waals surface area contributed by atoms with Crippen LogP contribution in [0.3, 0.4) is 0 Å². The Morgan fingerprint density at radius 1 is 1.11 bits per heavy atom. The normalized spacial score (nSPS) is 13.0. The van der Waals surface area contributed by atoms with Gasteiger partial charge < -0.3 is 15.5 Å². The van der Waals surface area contributed by atoms with E-state index in [4.69, 9.17) is 10.5 Å². The highest BCUT2D eigenvalue weighted by molar-refractivity contribution is 6.03. The third kappa shape index (κ3) is 5.57. The number of aromatic nitrogens is 3. The lowest BCUT2D eigenvalue weighted by Crippen LogP contribution is -2.13. The number of nitrogens with zero attached hydrogens (tertiary/aromatic N) is 3. The Bertz CT molecular complexity index is 1340. The number of H-pyrrole nitrogens is 1. The monoisotopic (exact) mass is 473 g/mol. The number of hydrogen-bond acceptors (Lipinski definition) is 4. The van der Waals surface area contributed by atoms with Crippen LogP contribution >= 0.6 is 0 Å². The van der Waals surface area contributed by atoms with E-state index < -0.39 is 0 Å². The summed E-state index contributed by atoms with van der Waals surface area (Å²) in [4.78, 5) is 12.3. The van der Waals surface area contributed by atoms with Gasteiger partial charge in [0, 0.05) is 31.2 Å². The van der Waals surface area contributed by atoms with Crippen LogP contribution in [-0.2, 0) is 30.4 Å². The highest BCUT2D eigenvalue weighted by Crippen LogP contribution is 2.30. The molecule has 0 fully saturated rings. The number of benzene rings is 2. The fourth-order valence-corrected chi connectivity index (χ4v) is 4.50. The van der Waals surface area contributed by atoms with Crippen molar-refractivity contribution in [2.24, 2.45) is 10.9 Å². The van der Waals surface area contributed by atoms with E-state index in [1.807, 2.05) is 18.2 Å². The van der Waals surface area contributed by atoms with Crippen molar-refractivity contribution in [3.8, 4) is 11.1 Å². The van der Waals surface area contributed by atoms with Crippen molar-refractivity contribution >= 4 is 17.0 Å². The summed E-state index contributed by atoms with van der Waals surface area (Å²) in [7, 11) is 1.70. The zero-order valence-electron chi connectivity index (χ0n) is 20.6. The summed E-state index contributed by atoms with van der Waals surface area (Å²) in [6.07, 6.45) is 5.24. The van der Waals surface area contributed by atoms with Crippen molar-refractivity contribution < 1.29 is 9.22 Å². The lowest BCUT2D eigenvalue weighted by atomic mass is 9.96. The van der Waals surface area contributed by atoms with Crippen molar-refractivity contribution in [1.82, 2.24) is 15.0 Å². The van der Waals surface area contributed by atoms with Crippen LogP contribution in [0.25, 0.3) is 22.3 Å². The molecule has 1 aliphatic rings. The third-order valence-electron chi connectivity index (χ3n) is 6.36. The van der Waals surface area contributed by atoms with E-state index in [0.717, 1.165) is 59.5 Å². The Balaban J connectivity index is 0.000000168. The van der Waals surface area contributed by atoms with Gasteiger partial charge in [-0.3, -0.25) is 0 Å². The van der Waals surface area contributed by atoms with Gasteiger partial charge in [0.05, 0.1) is 12.1 Å². The van der Waals surface area contributed by atoms with Crippen LogP contribution < -0.4 is 5.73 Å². The van der Waals surface area contributed by atoms with Gasteiger partial charge in [-0.2, -0.15) is 0 Å². The quantitative estimate of drug-likeness (QED) is 0.288. The SMILES string of the molecule is CCc1nc2nc(CCOC)cc(C)c2[nH]1.N/C(=N\F)c1ccccc1-c1ccc2c(c1)CCC2. The molecule has 182 valence electrons. The minimum atomic E-state index is -0.0731. The fourth-order valence-electron chi connectivity index (χ4n) is 4.50. The van der Waals surface area contributed by atoms with Gasteiger partial charge in [0.1, 0.15) is 5.82 Å². The Kier molecular flexibility index (Phi) is 7.87. The second kappa shape index (κ2) is 11.2. The zero-order valence-corrected chi connectivity index (χ0v) is 20.6. The molecule has 0 unspecified atom stereocenters. The Morgan fingerprint density at radius 2 is 1.91 bits per heavy atom. The standard InChI is InChI=1S/C16H15FN2.C12H17N3O/c17-19-16(18)15-7-2-1-6-14(15)13-9-8-11-4-3-5-12(11)10-13;1-4-10-14-11-8(2)7-9(5-6-16-3)13-12(11)15-10/h1-2,6-10H,3-5H2,(H2,18,19);7H,4-6H2,1-3H3,(H,13,14,15). The van der Waals surface area contributed by atoms with E-state index in [2.05, 4.69) is 58.3 Å². The molecule has 2 heterocycles. The van der Waals surface area contributed by atoms with E-state index in [0.29, 0.717) is 12.2 Å². The maximum absolute atomic E-state index is 12.5. The number of aromatic amines is 1. The maximum Gasteiger partial charge on any atom is 0.178 e. The molecule has 1 aliphatic carbocycles. The molecule has 7 heteroatoms. The largest absolute Gasteiger partial charge is 0.384 e. The molecule has 2 aromatic carbocycles. The molecule has 0 saturated carbocycles. The number of halogens is 1.